The lowest BCUT2D eigenvalue weighted by Crippen LogP contribution is -2.51. The van der Waals surface area contributed by atoms with Crippen LogP contribution in [0.25, 0.3) is 0 Å². The van der Waals surface area contributed by atoms with Crippen LogP contribution in [0.15, 0.2) is 23.1 Å². The molecule has 1 aromatic rings. The van der Waals surface area contributed by atoms with E-state index in [1.54, 1.807) is 7.05 Å². The lowest BCUT2D eigenvalue weighted by atomic mass is 10.1. The first-order chi connectivity index (χ1) is 15.0. The topological polar surface area (TPSA) is 236 Å². The molecule has 0 radical (unpaired) electrons. The molecule has 0 unspecified atom stereocenters. The third-order valence-corrected chi connectivity index (χ3v) is 4.87. The number of ether oxygens (including phenoxy) is 1. The molecule has 176 valence electrons. The number of anilines is 1. The number of carboxylic acids is 1. The Labute approximate surface area is 183 Å². The van der Waals surface area contributed by atoms with Crippen LogP contribution in [0, 0.1) is 5.41 Å². The summed E-state index contributed by atoms with van der Waals surface area (Å²) in [5.41, 5.74) is 16.2. The predicted octanol–water partition coefficient (Wildman–Crippen LogP) is -2.73. The zero-order valence-electron chi connectivity index (χ0n) is 17.5. The number of hydrogen-bond acceptors (Lipinski definition) is 9. The molecular formula is C18H28N8O6. The smallest absolute Gasteiger partial charge is 0.351 e. The van der Waals surface area contributed by atoms with Crippen molar-refractivity contribution in [2.75, 3.05) is 19.3 Å². The number of nitrogens with one attached hydrogen (secondary N) is 2. The van der Waals surface area contributed by atoms with Gasteiger partial charge in [-0.3, -0.25) is 14.8 Å². The number of amides is 1. The average molecular weight is 452 g/mol. The number of nitrogens with zero attached hydrogens (tertiary/aromatic N) is 3. The monoisotopic (exact) mass is 452 g/mol. The molecular weight excluding hydrogens is 424 g/mol. The van der Waals surface area contributed by atoms with E-state index in [0.29, 0.717) is 13.0 Å². The van der Waals surface area contributed by atoms with Crippen LogP contribution in [0.1, 0.15) is 24.6 Å². The van der Waals surface area contributed by atoms with Crippen molar-refractivity contribution in [1.82, 2.24) is 19.8 Å². The predicted molar refractivity (Wildman–Crippen MR) is 113 cm³/mol. The molecule has 32 heavy (non-hydrogen) atoms. The Bertz CT molecular complexity index is 948. The van der Waals surface area contributed by atoms with Crippen LogP contribution in [0.5, 0.6) is 0 Å². The van der Waals surface area contributed by atoms with E-state index in [9.17, 15) is 24.6 Å². The number of hydrogen-bond donors (Lipinski definition) is 7. The molecule has 0 fully saturated rings. The summed E-state index contributed by atoms with van der Waals surface area (Å²) in [6.45, 7) is -0.0884. The number of nitrogens with two attached hydrogens (primary N) is 3. The van der Waals surface area contributed by atoms with Gasteiger partial charge in [-0.15, -0.1) is 0 Å². The second kappa shape index (κ2) is 10.7. The maximum Gasteiger partial charge on any atom is 0.351 e. The number of rotatable bonds is 9. The molecule has 1 amide bonds. The van der Waals surface area contributed by atoms with Gasteiger partial charge in [0.1, 0.15) is 5.82 Å². The molecule has 2 rings (SSSR count). The van der Waals surface area contributed by atoms with Crippen molar-refractivity contribution in [1.29, 1.82) is 5.41 Å². The second-order valence-electron chi connectivity index (χ2n) is 7.32. The third kappa shape index (κ3) is 6.26. The van der Waals surface area contributed by atoms with Crippen LogP contribution in [0.3, 0.4) is 0 Å². The standard InChI is InChI=1S/C18H28N8O6/c1-25(17(21)22)5-4-10(19)6-12(28)23-11-2-3-13(32-14(11)16(29)30)26-7-9(8-27)15(20)24-18(26)31/h2-3,7,10-11,13-14,27H,4-6,8,19H2,1H3,(H3,21,22)(H,23,28)(H,29,30)(H2,20,24,31)/t10-,11-,13+,14-/m0/s1. The van der Waals surface area contributed by atoms with Crippen LogP contribution in [-0.2, 0) is 20.9 Å². The summed E-state index contributed by atoms with van der Waals surface area (Å²) in [6, 6.07) is -1.53. The minimum absolute atomic E-state index is 0.0763. The highest BCUT2D eigenvalue weighted by molar-refractivity contribution is 5.80. The van der Waals surface area contributed by atoms with Gasteiger partial charge in [-0.2, -0.15) is 4.98 Å². The van der Waals surface area contributed by atoms with E-state index in [1.165, 1.54) is 23.2 Å². The molecule has 0 aromatic carbocycles. The Morgan fingerprint density at radius 2 is 2.12 bits per heavy atom. The zero-order chi connectivity index (χ0) is 24.0. The van der Waals surface area contributed by atoms with Gasteiger partial charge in [0.15, 0.2) is 18.3 Å². The summed E-state index contributed by atoms with van der Waals surface area (Å²) in [7, 11) is 1.62. The van der Waals surface area contributed by atoms with Gasteiger partial charge in [0, 0.05) is 37.8 Å². The number of aliphatic carboxylic acids is 1. The van der Waals surface area contributed by atoms with Gasteiger partial charge in [-0.1, -0.05) is 6.08 Å². The van der Waals surface area contributed by atoms with Crippen molar-refractivity contribution in [3.63, 3.8) is 0 Å². The van der Waals surface area contributed by atoms with Crippen LogP contribution in [0.2, 0.25) is 0 Å². The Kier molecular flexibility index (Phi) is 8.28. The molecule has 0 bridgehead atoms. The van der Waals surface area contributed by atoms with E-state index in [2.05, 4.69) is 10.3 Å². The number of nitrogen functional groups attached to an aromatic ring is 1. The van der Waals surface area contributed by atoms with Gasteiger partial charge >= 0.3 is 11.7 Å². The summed E-state index contributed by atoms with van der Waals surface area (Å²) in [5, 5.41) is 28.7. The van der Waals surface area contributed by atoms with Crippen LogP contribution >= 0.6 is 0 Å². The molecule has 4 atom stereocenters. The van der Waals surface area contributed by atoms with Crippen molar-refractivity contribution < 1.29 is 24.5 Å². The van der Waals surface area contributed by atoms with Gasteiger partial charge in [0.25, 0.3) is 0 Å². The molecule has 0 spiro atoms. The lowest BCUT2D eigenvalue weighted by molar-refractivity contribution is -0.159. The Hall–Kier alpha value is -3.49. The number of carboxylic acid groups (broad SMARTS) is 1. The van der Waals surface area contributed by atoms with Gasteiger partial charge in [-0.05, 0) is 12.5 Å². The Morgan fingerprint density at radius 1 is 1.44 bits per heavy atom. The summed E-state index contributed by atoms with van der Waals surface area (Å²) in [4.78, 5) is 41.2. The minimum atomic E-state index is -1.49. The van der Waals surface area contributed by atoms with Gasteiger partial charge in [0.05, 0.1) is 12.6 Å². The first-order valence-electron chi connectivity index (χ1n) is 9.68. The number of carbonyl (C=O) groups excluding carboxylic acids is 1. The maximum atomic E-state index is 12.3. The zero-order valence-corrected chi connectivity index (χ0v) is 17.5. The molecule has 1 aromatic heterocycles. The highest BCUT2D eigenvalue weighted by Gasteiger charge is 2.35. The first kappa shape index (κ1) is 24.8. The van der Waals surface area contributed by atoms with Crippen LogP contribution in [-0.4, -0.2) is 74.3 Å². The largest absolute Gasteiger partial charge is 0.479 e. The lowest BCUT2D eigenvalue weighted by Gasteiger charge is -2.31. The minimum Gasteiger partial charge on any atom is -0.479 e. The second-order valence-corrected chi connectivity index (χ2v) is 7.32. The number of aliphatic hydroxyl groups is 1. The van der Waals surface area contributed by atoms with Crippen molar-refractivity contribution >= 4 is 23.7 Å². The molecule has 1 aliphatic rings. The van der Waals surface area contributed by atoms with E-state index >= 15 is 0 Å². The van der Waals surface area contributed by atoms with E-state index in [4.69, 9.17) is 27.3 Å². The molecule has 14 heteroatoms. The SMILES string of the molecule is CN(CC[C@H](N)CC(=O)N[C@H]1C=C[C@H](n2cc(CO)c(N)nc2=O)O[C@@H]1C(=O)O)C(=N)N. The number of carbonyl (C=O) groups is 2. The number of guanidine groups is 1. The van der Waals surface area contributed by atoms with Crippen molar-refractivity contribution in [2.45, 2.75) is 43.9 Å². The maximum absolute atomic E-state index is 12.3. The van der Waals surface area contributed by atoms with E-state index in [1.807, 2.05) is 0 Å². The fourth-order valence-corrected chi connectivity index (χ4v) is 2.98. The van der Waals surface area contributed by atoms with E-state index < -0.39 is 48.6 Å². The van der Waals surface area contributed by atoms with Gasteiger partial charge < -0.3 is 42.4 Å². The molecule has 0 aliphatic carbocycles. The van der Waals surface area contributed by atoms with Crippen LogP contribution < -0.4 is 28.2 Å². The molecule has 14 nitrogen and oxygen atoms in total. The molecule has 10 N–H and O–H groups in total. The normalized spacial score (nSPS) is 21.0. The first-order valence-corrected chi connectivity index (χ1v) is 9.68. The summed E-state index contributed by atoms with van der Waals surface area (Å²) in [5.74, 6) is -2.10. The van der Waals surface area contributed by atoms with Gasteiger partial charge in [-0.25, -0.2) is 9.59 Å². The molecule has 2 heterocycles. The fourth-order valence-electron chi connectivity index (χ4n) is 2.98. The van der Waals surface area contributed by atoms with Crippen molar-refractivity contribution in [3.05, 3.63) is 34.4 Å². The molecule has 0 saturated heterocycles. The van der Waals surface area contributed by atoms with Gasteiger partial charge in [0.2, 0.25) is 5.91 Å². The van der Waals surface area contributed by atoms with Crippen molar-refractivity contribution in [3.8, 4) is 0 Å². The number of aromatic nitrogens is 2. The quantitative estimate of drug-likeness (QED) is 0.115. The average Bonchev–Trinajstić information content (AvgIpc) is 2.72. The fraction of sp³-hybridized carbons (Fsp3) is 0.500. The Morgan fingerprint density at radius 3 is 2.72 bits per heavy atom. The highest BCUT2D eigenvalue weighted by Crippen LogP contribution is 2.21. The molecule has 0 saturated carbocycles. The third-order valence-electron chi connectivity index (χ3n) is 4.87. The van der Waals surface area contributed by atoms with Crippen LogP contribution in [0.4, 0.5) is 5.82 Å². The Balaban J connectivity index is 2.07. The van der Waals surface area contributed by atoms with E-state index in [-0.39, 0.29) is 23.8 Å². The van der Waals surface area contributed by atoms with E-state index in [0.717, 1.165) is 4.57 Å². The summed E-state index contributed by atoms with van der Waals surface area (Å²) < 4.78 is 6.50. The highest BCUT2D eigenvalue weighted by atomic mass is 16.5. The summed E-state index contributed by atoms with van der Waals surface area (Å²) >= 11 is 0. The van der Waals surface area contributed by atoms with Crippen molar-refractivity contribution in [2.24, 2.45) is 11.5 Å². The number of aliphatic hydroxyl groups excluding tert-OH is 1. The molecule has 1 aliphatic heterocycles. The summed E-state index contributed by atoms with van der Waals surface area (Å²) in [6.07, 6.45) is 1.73.